The molecule has 3 aromatic carbocycles. The van der Waals surface area contributed by atoms with E-state index in [1.165, 1.54) is 10.4 Å². The van der Waals surface area contributed by atoms with Crippen LogP contribution in [0.3, 0.4) is 0 Å². The predicted octanol–water partition coefficient (Wildman–Crippen LogP) is 6.87. The summed E-state index contributed by atoms with van der Waals surface area (Å²) in [4.78, 5) is 12.6. The monoisotopic (exact) mass is 550 g/mol. The van der Waals surface area contributed by atoms with Crippen LogP contribution in [-0.2, 0) is 9.16 Å². The molecular weight excluding hydrogens is 516 g/mol. The van der Waals surface area contributed by atoms with E-state index in [2.05, 4.69) is 104 Å². The fourth-order valence-corrected chi connectivity index (χ4v) is 9.51. The van der Waals surface area contributed by atoms with Crippen LogP contribution >= 0.6 is 15.9 Å². The maximum Gasteiger partial charge on any atom is 0.338 e. The topological polar surface area (TPSA) is 35.5 Å². The molecule has 0 fully saturated rings. The summed E-state index contributed by atoms with van der Waals surface area (Å²) in [6, 6.07) is 30.4. The minimum absolute atomic E-state index is 0.0704. The van der Waals surface area contributed by atoms with Crippen molar-refractivity contribution in [3.63, 3.8) is 0 Å². The molecule has 3 aromatic rings. The van der Waals surface area contributed by atoms with Crippen molar-refractivity contribution in [1.29, 1.82) is 0 Å². The van der Waals surface area contributed by atoms with Crippen molar-refractivity contribution in [1.82, 2.24) is 0 Å². The summed E-state index contributed by atoms with van der Waals surface area (Å²) in [6.45, 7) is 11.4. The van der Waals surface area contributed by atoms with Crippen molar-refractivity contribution >= 4 is 40.6 Å². The van der Waals surface area contributed by atoms with Gasteiger partial charge in [0.25, 0.3) is 8.32 Å². The fraction of sp³-hybridized carbons (Fsp3) is 0.300. The molecule has 5 heteroatoms. The van der Waals surface area contributed by atoms with Crippen LogP contribution in [0.15, 0.2) is 102 Å². The van der Waals surface area contributed by atoms with Gasteiger partial charge in [-0.1, -0.05) is 122 Å². The molecule has 0 radical (unpaired) electrons. The first kappa shape index (κ1) is 27.1. The summed E-state index contributed by atoms with van der Waals surface area (Å²) in [5.41, 5.74) is 0.557. The number of hydrogen-bond donors (Lipinski definition) is 0. The molecule has 0 spiro atoms. The third kappa shape index (κ3) is 7.03. The third-order valence-electron chi connectivity index (χ3n) is 6.14. The lowest BCUT2D eigenvalue weighted by Crippen LogP contribution is -2.66. The molecule has 3 nitrogen and oxygen atoms in total. The molecule has 0 N–H and O–H groups in total. The summed E-state index contributed by atoms with van der Waals surface area (Å²) in [5, 5.41) is 2.46. The highest BCUT2D eigenvalue weighted by atomic mass is 79.9. The average molecular weight is 552 g/mol. The smallest absolute Gasteiger partial charge is 0.338 e. The number of rotatable bonds is 11. The Morgan fingerprint density at radius 2 is 1.37 bits per heavy atom. The van der Waals surface area contributed by atoms with E-state index in [-0.39, 0.29) is 17.1 Å². The number of carbonyl (C=O) groups is 1. The molecule has 0 aliphatic heterocycles. The lowest BCUT2D eigenvalue weighted by molar-refractivity contribution is 0.0274. The van der Waals surface area contributed by atoms with Crippen molar-refractivity contribution < 1.29 is 14.0 Å². The van der Waals surface area contributed by atoms with Crippen LogP contribution in [0.5, 0.6) is 0 Å². The largest absolute Gasteiger partial charge is 0.458 e. The summed E-state index contributed by atoms with van der Waals surface area (Å²) in [6.07, 6.45) is 1.77. The van der Waals surface area contributed by atoms with E-state index in [1.54, 1.807) is 12.1 Å². The van der Waals surface area contributed by atoms with Gasteiger partial charge >= 0.3 is 5.97 Å². The quantitative estimate of drug-likeness (QED) is 0.148. The van der Waals surface area contributed by atoms with E-state index >= 15 is 0 Å². The van der Waals surface area contributed by atoms with Crippen molar-refractivity contribution in [2.75, 3.05) is 6.61 Å². The molecule has 0 heterocycles. The SMILES string of the molecule is C=C(Br)C[C@@H](CCCO[Si](c1ccccc1)(c1ccccc1)C(C)(C)C)OC(=O)c1ccccc1. The van der Waals surface area contributed by atoms with Gasteiger partial charge in [-0.15, -0.1) is 0 Å². The second-order valence-corrected chi connectivity index (χ2v) is 15.2. The van der Waals surface area contributed by atoms with E-state index in [4.69, 9.17) is 9.16 Å². The molecule has 184 valence electrons. The minimum atomic E-state index is -2.57. The van der Waals surface area contributed by atoms with Crippen LogP contribution in [0, 0.1) is 0 Å². The highest BCUT2D eigenvalue weighted by Gasteiger charge is 2.49. The van der Waals surface area contributed by atoms with E-state index < -0.39 is 8.32 Å². The van der Waals surface area contributed by atoms with E-state index in [1.807, 2.05) is 18.2 Å². The Bertz CT molecular complexity index is 1040. The van der Waals surface area contributed by atoms with Gasteiger partial charge in [-0.05, 0) is 44.9 Å². The van der Waals surface area contributed by atoms with Crippen LogP contribution in [0.4, 0.5) is 0 Å². The second-order valence-electron chi connectivity index (χ2n) is 9.77. The Morgan fingerprint density at radius 3 is 1.83 bits per heavy atom. The number of carbonyl (C=O) groups excluding carboxylic acids is 1. The molecule has 0 aromatic heterocycles. The minimum Gasteiger partial charge on any atom is -0.458 e. The zero-order chi connectivity index (χ0) is 25.3. The maximum atomic E-state index is 12.6. The Balaban J connectivity index is 1.77. The van der Waals surface area contributed by atoms with Crippen molar-refractivity contribution in [2.24, 2.45) is 0 Å². The molecule has 1 atom stereocenters. The Hall–Kier alpha value is -2.47. The van der Waals surface area contributed by atoms with Crippen LogP contribution in [0.25, 0.3) is 0 Å². The summed E-state index contributed by atoms with van der Waals surface area (Å²) < 4.78 is 13.6. The van der Waals surface area contributed by atoms with Gasteiger partial charge in [0, 0.05) is 13.0 Å². The van der Waals surface area contributed by atoms with Gasteiger partial charge in [0.15, 0.2) is 0 Å². The van der Waals surface area contributed by atoms with E-state index in [0.717, 1.165) is 10.9 Å². The first-order valence-corrected chi connectivity index (χ1v) is 14.8. The van der Waals surface area contributed by atoms with Crippen molar-refractivity contribution in [3.05, 3.63) is 108 Å². The van der Waals surface area contributed by atoms with Crippen molar-refractivity contribution in [2.45, 2.75) is 51.2 Å². The summed E-state index contributed by atoms with van der Waals surface area (Å²) >= 11 is 3.44. The Kier molecular flexibility index (Phi) is 9.67. The predicted molar refractivity (Wildman–Crippen MR) is 151 cm³/mol. The molecule has 0 aliphatic rings. The lowest BCUT2D eigenvalue weighted by atomic mass is 10.1. The molecule has 0 saturated carbocycles. The molecule has 3 rings (SSSR count). The fourth-order valence-electron chi connectivity index (χ4n) is 4.54. The zero-order valence-electron chi connectivity index (χ0n) is 20.9. The normalized spacial score (nSPS) is 12.7. The summed E-state index contributed by atoms with van der Waals surface area (Å²) in [7, 11) is -2.57. The van der Waals surface area contributed by atoms with Gasteiger partial charge in [-0.3, -0.25) is 0 Å². The number of benzene rings is 3. The van der Waals surface area contributed by atoms with Gasteiger partial charge in [0.05, 0.1) is 5.56 Å². The number of halogens is 1. The third-order valence-corrected chi connectivity index (χ3v) is 11.5. The first-order valence-electron chi connectivity index (χ1n) is 12.1. The molecule has 0 bridgehead atoms. The van der Waals surface area contributed by atoms with E-state index in [0.29, 0.717) is 25.0 Å². The molecule has 0 saturated heterocycles. The van der Waals surface area contributed by atoms with Gasteiger partial charge in [0.2, 0.25) is 0 Å². The van der Waals surface area contributed by atoms with E-state index in [9.17, 15) is 4.79 Å². The number of hydrogen-bond acceptors (Lipinski definition) is 3. The highest BCUT2D eigenvalue weighted by Crippen LogP contribution is 2.37. The summed E-state index contributed by atoms with van der Waals surface area (Å²) in [5.74, 6) is -0.308. The standard InChI is InChI=1S/C30H35BrO3Si/c1-24(31)23-26(34-29(32)25-15-8-5-9-16-25)17-14-22-33-35(30(2,3)4,27-18-10-6-11-19-27)28-20-12-7-13-21-28/h5-13,15-16,18-21,26H,1,14,17,22-23H2,2-4H3/t26-/m1/s1. The van der Waals surface area contributed by atoms with Crippen LogP contribution in [0.1, 0.15) is 50.4 Å². The van der Waals surface area contributed by atoms with Gasteiger partial charge < -0.3 is 9.16 Å². The maximum absolute atomic E-state index is 12.6. The molecular formula is C30H35BrO3Si. The molecule has 0 aliphatic carbocycles. The van der Waals surface area contributed by atoms with Crippen LogP contribution in [-0.4, -0.2) is 27.0 Å². The van der Waals surface area contributed by atoms with Crippen LogP contribution < -0.4 is 10.4 Å². The van der Waals surface area contributed by atoms with Crippen LogP contribution in [0.2, 0.25) is 5.04 Å². The van der Waals surface area contributed by atoms with Gasteiger partial charge in [-0.25, -0.2) is 4.79 Å². The average Bonchev–Trinajstić information content (AvgIpc) is 2.84. The Labute approximate surface area is 219 Å². The lowest BCUT2D eigenvalue weighted by Gasteiger charge is -2.43. The van der Waals surface area contributed by atoms with Crippen molar-refractivity contribution in [3.8, 4) is 0 Å². The molecule has 0 amide bonds. The molecule has 35 heavy (non-hydrogen) atoms. The number of esters is 1. The van der Waals surface area contributed by atoms with Gasteiger partial charge in [-0.2, -0.15) is 0 Å². The Morgan fingerprint density at radius 1 is 0.886 bits per heavy atom. The van der Waals surface area contributed by atoms with Gasteiger partial charge in [0.1, 0.15) is 6.10 Å². The second kappa shape index (κ2) is 12.5. The zero-order valence-corrected chi connectivity index (χ0v) is 23.5. The first-order chi connectivity index (χ1) is 16.7. The number of ether oxygens (including phenoxy) is 1. The molecule has 0 unspecified atom stereocenters. The highest BCUT2D eigenvalue weighted by molar-refractivity contribution is 9.11.